The highest BCUT2D eigenvalue weighted by molar-refractivity contribution is 5.45. The normalized spacial score (nSPS) is 11.3. The van der Waals surface area contributed by atoms with Gasteiger partial charge in [0.05, 0.1) is 11.4 Å². The Morgan fingerprint density at radius 3 is 2.53 bits per heavy atom. The summed E-state index contributed by atoms with van der Waals surface area (Å²) in [6.45, 7) is 5.28. The number of anilines is 1. The lowest BCUT2D eigenvalue weighted by Crippen LogP contribution is -2.16. The van der Waals surface area contributed by atoms with Crippen LogP contribution in [0, 0.1) is 0 Å². The maximum absolute atomic E-state index is 5.96. The molecule has 0 spiro atoms. The molecule has 0 aromatic carbocycles. The average molecular weight is 207 g/mol. The van der Waals surface area contributed by atoms with Crippen molar-refractivity contribution in [2.75, 3.05) is 26.4 Å². The molecule has 1 rings (SSSR count). The molecule has 0 bridgehead atoms. The van der Waals surface area contributed by atoms with Crippen molar-refractivity contribution in [1.29, 1.82) is 0 Å². The van der Waals surface area contributed by atoms with Crippen LogP contribution in [0.5, 0.6) is 0 Å². The Hall–Kier alpha value is -1.09. The van der Waals surface area contributed by atoms with Crippen LogP contribution in [-0.4, -0.2) is 30.5 Å². The summed E-state index contributed by atoms with van der Waals surface area (Å²) in [5, 5.41) is 0. The van der Waals surface area contributed by atoms with Crippen molar-refractivity contribution < 1.29 is 0 Å². The molecule has 15 heavy (non-hydrogen) atoms. The van der Waals surface area contributed by atoms with Gasteiger partial charge < -0.3 is 10.6 Å². The SMILES string of the molecule is CC(C)c1cnc(CCN(C)C)c(N)c1. The van der Waals surface area contributed by atoms with E-state index < -0.39 is 0 Å². The Morgan fingerprint density at radius 2 is 2.07 bits per heavy atom. The van der Waals surface area contributed by atoms with Crippen LogP contribution >= 0.6 is 0 Å². The maximum Gasteiger partial charge on any atom is 0.0645 e. The molecular formula is C12H21N3. The zero-order valence-corrected chi connectivity index (χ0v) is 10.1. The first-order valence-corrected chi connectivity index (χ1v) is 5.39. The van der Waals surface area contributed by atoms with Crippen molar-refractivity contribution in [1.82, 2.24) is 9.88 Å². The second-order valence-corrected chi connectivity index (χ2v) is 4.51. The van der Waals surface area contributed by atoms with E-state index in [4.69, 9.17) is 5.73 Å². The second-order valence-electron chi connectivity index (χ2n) is 4.51. The molecule has 3 nitrogen and oxygen atoms in total. The number of nitrogen functional groups attached to an aromatic ring is 1. The van der Waals surface area contributed by atoms with Crippen molar-refractivity contribution in [3.8, 4) is 0 Å². The Morgan fingerprint density at radius 1 is 1.40 bits per heavy atom. The fourth-order valence-corrected chi connectivity index (χ4v) is 1.38. The van der Waals surface area contributed by atoms with E-state index in [1.807, 2.05) is 12.3 Å². The third kappa shape index (κ3) is 3.51. The lowest BCUT2D eigenvalue weighted by Gasteiger charge is -2.12. The van der Waals surface area contributed by atoms with Gasteiger partial charge >= 0.3 is 0 Å². The highest BCUT2D eigenvalue weighted by Gasteiger charge is 2.05. The summed E-state index contributed by atoms with van der Waals surface area (Å²) in [5.74, 6) is 0.489. The molecule has 0 atom stereocenters. The molecule has 84 valence electrons. The van der Waals surface area contributed by atoms with Crippen molar-refractivity contribution in [3.05, 3.63) is 23.5 Å². The van der Waals surface area contributed by atoms with Gasteiger partial charge in [0.1, 0.15) is 0 Å². The molecule has 0 amide bonds. The number of nitrogens with two attached hydrogens (primary N) is 1. The Balaban J connectivity index is 2.75. The molecule has 0 saturated carbocycles. The van der Waals surface area contributed by atoms with Gasteiger partial charge in [0.25, 0.3) is 0 Å². The van der Waals surface area contributed by atoms with Gasteiger partial charge in [-0.1, -0.05) is 13.8 Å². The maximum atomic E-state index is 5.96. The summed E-state index contributed by atoms with van der Waals surface area (Å²) in [5.41, 5.74) is 9.00. The van der Waals surface area contributed by atoms with E-state index in [0.717, 1.165) is 24.3 Å². The molecule has 3 heteroatoms. The lowest BCUT2D eigenvalue weighted by atomic mass is 10.0. The van der Waals surface area contributed by atoms with Gasteiger partial charge in [-0.3, -0.25) is 4.98 Å². The molecular weight excluding hydrogens is 186 g/mol. The van der Waals surface area contributed by atoms with E-state index in [2.05, 4.69) is 37.8 Å². The van der Waals surface area contributed by atoms with Crippen molar-refractivity contribution >= 4 is 5.69 Å². The molecule has 0 saturated heterocycles. The summed E-state index contributed by atoms with van der Waals surface area (Å²) in [6.07, 6.45) is 2.85. The molecule has 2 N–H and O–H groups in total. The van der Waals surface area contributed by atoms with Crippen LogP contribution in [0.1, 0.15) is 31.0 Å². The van der Waals surface area contributed by atoms with Crippen LogP contribution < -0.4 is 5.73 Å². The van der Waals surface area contributed by atoms with E-state index >= 15 is 0 Å². The topological polar surface area (TPSA) is 42.2 Å². The predicted molar refractivity (Wildman–Crippen MR) is 65.0 cm³/mol. The minimum atomic E-state index is 0.489. The van der Waals surface area contributed by atoms with Gasteiger partial charge in [-0.25, -0.2) is 0 Å². The third-order valence-corrected chi connectivity index (χ3v) is 2.49. The highest BCUT2D eigenvalue weighted by Crippen LogP contribution is 2.18. The van der Waals surface area contributed by atoms with Crippen LogP contribution in [0.3, 0.4) is 0 Å². The number of nitrogens with zero attached hydrogens (tertiary/aromatic N) is 2. The van der Waals surface area contributed by atoms with Crippen LogP contribution in [0.15, 0.2) is 12.3 Å². The van der Waals surface area contributed by atoms with Crippen molar-refractivity contribution in [2.45, 2.75) is 26.2 Å². The van der Waals surface area contributed by atoms with Crippen molar-refractivity contribution in [2.24, 2.45) is 0 Å². The van der Waals surface area contributed by atoms with E-state index in [0.29, 0.717) is 5.92 Å². The molecule has 1 heterocycles. The standard InChI is InChI=1S/C12H21N3/c1-9(2)10-7-11(13)12(14-8-10)5-6-15(3)4/h7-9H,5-6,13H2,1-4H3. The minimum Gasteiger partial charge on any atom is -0.397 e. The van der Waals surface area contributed by atoms with Gasteiger partial charge in [0.2, 0.25) is 0 Å². The zero-order chi connectivity index (χ0) is 11.4. The van der Waals surface area contributed by atoms with Gasteiger partial charge in [0, 0.05) is 19.2 Å². The average Bonchev–Trinajstić information content (AvgIpc) is 2.15. The Kier molecular flexibility index (Phi) is 4.09. The number of aromatic nitrogens is 1. The van der Waals surface area contributed by atoms with Gasteiger partial charge in [-0.05, 0) is 31.6 Å². The minimum absolute atomic E-state index is 0.489. The van der Waals surface area contributed by atoms with E-state index in [1.165, 1.54) is 5.56 Å². The van der Waals surface area contributed by atoms with Crippen LogP contribution in [0.4, 0.5) is 5.69 Å². The predicted octanol–water partition coefficient (Wildman–Crippen LogP) is 1.89. The van der Waals surface area contributed by atoms with Crippen LogP contribution in [0.2, 0.25) is 0 Å². The number of pyridine rings is 1. The first-order chi connectivity index (χ1) is 7.00. The van der Waals surface area contributed by atoms with Gasteiger partial charge in [-0.15, -0.1) is 0 Å². The quantitative estimate of drug-likeness (QED) is 0.820. The summed E-state index contributed by atoms with van der Waals surface area (Å²) < 4.78 is 0. The number of rotatable bonds is 4. The second kappa shape index (κ2) is 5.12. The first kappa shape index (κ1) is 12.0. The molecule has 0 radical (unpaired) electrons. The largest absolute Gasteiger partial charge is 0.397 e. The summed E-state index contributed by atoms with van der Waals surface area (Å²) in [6, 6.07) is 2.04. The van der Waals surface area contributed by atoms with E-state index in [9.17, 15) is 0 Å². The molecule has 0 unspecified atom stereocenters. The van der Waals surface area contributed by atoms with E-state index in [-0.39, 0.29) is 0 Å². The van der Waals surface area contributed by atoms with Gasteiger partial charge in [-0.2, -0.15) is 0 Å². The fourth-order valence-electron chi connectivity index (χ4n) is 1.38. The summed E-state index contributed by atoms with van der Waals surface area (Å²) >= 11 is 0. The van der Waals surface area contributed by atoms with Gasteiger partial charge in [0.15, 0.2) is 0 Å². The molecule has 0 aliphatic heterocycles. The Bertz CT molecular complexity index is 319. The van der Waals surface area contributed by atoms with E-state index in [1.54, 1.807) is 0 Å². The smallest absolute Gasteiger partial charge is 0.0645 e. The molecule has 0 aliphatic rings. The number of hydrogen-bond donors (Lipinski definition) is 1. The van der Waals surface area contributed by atoms with Crippen molar-refractivity contribution in [3.63, 3.8) is 0 Å². The summed E-state index contributed by atoms with van der Waals surface area (Å²) in [4.78, 5) is 6.56. The lowest BCUT2D eigenvalue weighted by molar-refractivity contribution is 0.412. The third-order valence-electron chi connectivity index (χ3n) is 2.49. The summed E-state index contributed by atoms with van der Waals surface area (Å²) in [7, 11) is 4.11. The number of likely N-dealkylation sites (N-methyl/N-ethyl adjacent to an activating group) is 1. The zero-order valence-electron chi connectivity index (χ0n) is 10.1. The molecule has 0 fully saturated rings. The molecule has 1 aromatic heterocycles. The van der Waals surface area contributed by atoms with Crippen LogP contribution in [0.25, 0.3) is 0 Å². The van der Waals surface area contributed by atoms with Crippen LogP contribution in [-0.2, 0) is 6.42 Å². The molecule has 0 aliphatic carbocycles. The number of hydrogen-bond acceptors (Lipinski definition) is 3. The highest BCUT2D eigenvalue weighted by atomic mass is 15.0. The Labute approximate surface area is 92.3 Å². The molecule has 1 aromatic rings. The monoisotopic (exact) mass is 207 g/mol. The first-order valence-electron chi connectivity index (χ1n) is 5.39. The fraction of sp³-hybridized carbons (Fsp3) is 0.583.